The molecule has 0 saturated carbocycles. The van der Waals surface area contributed by atoms with E-state index in [1.54, 1.807) is 13.4 Å². The van der Waals surface area contributed by atoms with Crippen LogP contribution in [0, 0.1) is 13.8 Å². The lowest BCUT2D eigenvalue weighted by Crippen LogP contribution is -2.38. The SMILES string of the molecule is CCn1cnnc1CNC(=NC)NCCCn1nc(C)cc1C. The molecule has 8 nitrogen and oxygen atoms in total. The van der Waals surface area contributed by atoms with Gasteiger partial charge in [-0.3, -0.25) is 9.67 Å². The van der Waals surface area contributed by atoms with Gasteiger partial charge in [-0.05, 0) is 33.3 Å². The molecule has 0 spiro atoms. The van der Waals surface area contributed by atoms with Crippen LogP contribution in [0.5, 0.6) is 0 Å². The van der Waals surface area contributed by atoms with Crippen LogP contribution < -0.4 is 10.6 Å². The van der Waals surface area contributed by atoms with Crippen molar-refractivity contribution in [1.82, 2.24) is 35.2 Å². The van der Waals surface area contributed by atoms with E-state index in [2.05, 4.69) is 50.8 Å². The molecule has 2 heterocycles. The lowest BCUT2D eigenvalue weighted by molar-refractivity contribution is 0.554. The Balaban J connectivity index is 1.72. The first-order valence-corrected chi connectivity index (χ1v) is 7.96. The number of aryl methyl sites for hydroxylation is 4. The summed E-state index contributed by atoms with van der Waals surface area (Å²) in [5, 5.41) is 19.0. The average molecular weight is 318 g/mol. The van der Waals surface area contributed by atoms with Gasteiger partial charge in [0.05, 0.1) is 12.2 Å². The molecule has 0 saturated heterocycles. The van der Waals surface area contributed by atoms with Gasteiger partial charge in [-0.1, -0.05) is 0 Å². The summed E-state index contributed by atoms with van der Waals surface area (Å²) in [6.07, 6.45) is 2.72. The van der Waals surface area contributed by atoms with E-state index in [4.69, 9.17) is 0 Å². The largest absolute Gasteiger partial charge is 0.356 e. The van der Waals surface area contributed by atoms with Crippen molar-refractivity contribution in [3.8, 4) is 0 Å². The molecular weight excluding hydrogens is 292 g/mol. The molecule has 8 heteroatoms. The smallest absolute Gasteiger partial charge is 0.191 e. The summed E-state index contributed by atoms with van der Waals surface area (Å²) in [5.41, 5.74) is 2.26. The fraction of sp³-hybridized carbons (Fsp3) is 0.600. The molecule has 23 heavy (non-hydrogen) atoms. The van der Waals surface area contributed by atoms with Crippen molar-refractivity contribution < 1.29 is 0 Å². The topological polar surface area (TPSA) is 85.0 Å². The van der Waals surface area contributed by atoms with Gasteiger partial charge in [0.25, 0.3) is 0 Å². The number of hydrogen-bond acceptors (Lipinski definition) is 4. The maximum Gasteiger partial charge on any atom is 0.191 e. The zero-order chi connectivity index (χ0) is 16.7. The molecule has 2 N–H and O–H groups in total. The standard InChI is InChI=1S/C15H26N8/c1-5-22-11-19-20-14(22)10-18-15(16-4)17-7-6-8-23-13(3)9-12(2)21-23/h9,11H,5-8,10H2,1-4H3,(H2,16,17,18). The van der Waals surface area contributed by atoms with Crippen LogP contribution in [0.25, 0.3) is 0 Å². The van der Waals surface area contributed by atoms with Gasteiger partial charge in [0.1, 0.15) is 6.33 Å². The molecule has 0 bridgehead atoms. The Bertz CT molecular complexity index is 640. The van der Waals surface area contributed by atoms with Crippen molar-refractivity contribution in [2.75, 3.05) is 13.6 Å². The summed E-state index contributed by atoms with van der Waals surface area (Å²) in [6.45, 7) is 9.36. The Hall–Kier alpha value is -2.38. The molecule has 0 fully saturated rings. The molecular formula is C15H26N8. The first-order valence-electron chi connectivity index (χ1n) is 7.96. The first-order chi connectivity index (χ1) is 11.1. The molecule has 0 aliphatic rings. The summed E-state index contributed by atoms with van der Waals surface area (Å²) >= 11 is 0. The number of nitrogens with one attached hydrogen (secondary N) is 2. The highest BCUT2D eigenvalue weighted by atomic mass is 15.3. The van der Waals surface area contributed by atoms with Crippen molar-refractivity contribution in [3.63, 3.8) is 0 Å². The summed E-state index contributed by atoms with van der Waals surface area (Å²) < 4.78 is 4.04. The van der Waals surface area contributed by atoms with E-state index in [-0.39, 0.29) is 0 Å². The Labute approximate surface area is 137 Å². The molecule has 0 unspecified atom stereocenters. The Morgan fingerprint density at radius 3 is 2.78 bits per heavy atom. The molecule has 0 atom stereocenters. The predicted octanol–water partition coefficient (Wildman–Crippen LogP) is 0.867. The lowest BCUT2D eigenvalue weighted by atomic mass is 10.4. The lowest BCUT2D eigenvalue weighted by Gasteiger charge is -2.12. The Morgan fingerprint density at radius 2 is 2.13 bits per heavy atom. The van der Waals surface area contributed by atoms with Gasteiger partial charge in [-0.15, -0.1) is 10.2 Å². The van der Waals surface area contributed by atoms with Crippen LogP contribution in [0.4, 0.5) is 0 Å². The highest BCUT2D eigenvalue weighted by Crippen LogP contribution is 2.02. The monoisotopic (exact) mass is 318 g/mol. The van der Waals surface area contributed by atoms with Crippen molar-refractivity contribution in [2.45, 2.75) is 46.8 Å². The minimum absolute atomic E-state index is 0.602. The molecule has 2 aromatic rings. The van der Waals surface area contributed by atoms with Crippen molar-refractivity contribution >= 4 is 5.96 Å². The van der Waals surface area contributed by atoms with E-state index >= 15 is 0 Å². The first kappa shape index (κ1) is 17.0. The van der Waals surface area contributed by atoms with Crippen molar-refractivity contribution in [1.29, 1.82) is 0 Å². The van der Waals surface area contributed by atoms with Gasteiger partial charge >= 0.3 is 0 Å². The fourth-order valence-corrected chi connectivity index (χ4v) is 2.40. The minimum Gasteiger partial charge on any atom is -0.356 e. The van der Waals surface area contributed by atoms with Gasteiger partial charge in [0.2, 0.25) is 0 Å². The summed E-state index contributed by atoms with van der Waals surface area (Å²) in [5.74, 6) is 1.67. The number of nitrogens with zero attached hydrogens (tertiary/aromatic N) is 6. The third-order valence-corrected chi connectivity index (χ3v) is 3.62. The highest BCUT2D eigenvalue weighted by molar-refractivity contribution is 5.79. The van der Waals surface area contributed by atoms with E-state index < -0.39 is 0 Å². The maximum absolute atomic E-state index is 4.46. The number of aliphatic imine (C=N–C) groups is 1. The minimum atomic E-state index is 0.602. The number of aromatic nitrogens is 5. The number of hydrogen-bond donors (Lipinski definition) is 2. The van der Waals surface area contributed by atoms with Crippen LogP contribution in [0.3, 0.4) is 0 Å². The number of guanidine groups is 1. The fourth-order valence-electron chi connectivity index (χ4n) is 2.40. The van der Waals surface area contributed by atoms with Crippen LogP contribution in [-0.2, 0) is 19.6 Å². The quantitative estimate of drug-likeness (QED) is 0.449. The van der Waals surface area contributed by atoms with Crippen LogP contribution in [0.15, 0.2) is 17.4 Å². The average Bonchev–Trinajstić information content (AvgIpc) is 3.12. The molecule has 126 valence electrons. The van der Waals surface area contributed by atoms with E-state index in [0.717, 1.165) is 43.5 Å². The molecule has 2 aromatic heterocycles. The van der Waals surface area contributed by atoms with Gasteiger partial charge in [-0.25, -0.2) is 0 Å². The molecule has 0 aliphatic carbocycles. The number of rotatable bonds is 7. The Kier molecular flexibility index (Phi) is 6.13. The summed E-state index contributed by atoms with van der Waals surface area (Å²) in [7, 11) is 1.76. The van der Waals surface area contributed by atoms with E-state index in [9.17, 15) is 0 Å². The van der Waals surface area contributed by atoms with Gasteiger partial charge in [0, 0.05) is 32.4 Å². The van der Waals surface area contributed by atoms with Crippen LogP contribution >= 0.6 is 0 Å². The van der Waals surface area contributed by atoms with E-state index in [1.165, 1.54) is 5.69 Å². The summed E-state index contributed by atoms with van der Waals surface area (Å²) in [6, 6.07) is 2.10. The van der Waals surface area contributed by atoms with Crippen LogP contribution in [0.1, 0.15) is 30.6 Å². The molecule has 0 radical (unpaired) electrons. The second kappa shape index (κ2) is 8.30. The van der Waals surface area contributed by atoms with E-state index in [1.807, 2.05) is 16.2 Å². The third-order valence-electron chi connectivity index (χ3n) is 3.62. The Morgan fingerprint density at radius 1 is 1.30 bits per heavy atom. The van der Waals surface area contributed by atoms with Gasteiger partial charge < -0.3 is 15.2 Å². The van der Waals surface area contributed by atoms with Crippen molar-refractivity contribution in [2.24, 2.45) is 4.99 Å². The zero-order valence-corrected chi connectivity index (χ0v) is 14.4. The van der Waals surface area contributed by atoms with E-state index in [0.29, 0.717) is 6.54 Å². The molecule has 2 rings (SSSR count). The zero-order valence-electron chi connectivity index (χ0n) is 14.4. The normalized spacial score (nSPS) is 11.7. The predicted molar refractivity (Wildman–Crippen MR) is 90.2 cm³/mol. The molecule has 0 aromatic carbocycles. The van der Waals surface area contributed by atoms with Gasteiger partial charge in [0.15, 0.2) is 11.8 Å². The van der Waals surface area contributed by atoms with Crippen LogP contribution in [-0.4, -0.2) is 44.1 Å². The highest BCUT2D eigenvalue weighted by Gasteiger charge is 2.04. The second-order valence-electron chi connectivity index (χ2n) is 5.39. The molecule has 0 amide bonds. The maximum atomic E-state index is 4.46. The van der Waals surface area contributed by atoms with Crippen LogP contribution in [0.2, 0.25) is 0 Å². The van der Waals surface area contributed by atoms with Crippen molar-refractivity contribution in [3.05, 3.63) is 29.6 Å². The second-order valence-corrected chi connectivity index (χ2v) is 5.39. The van der Waals surface area contributed by atoms with Gasteiger partial charge in [-0.2, -0.15) is 5.10 Å². The third kappa shape index (κ3) is 4.80. The molecule has 0 aliphatic heterocycles. The summed E-state index contributed by atoms with van der Waals surface area (Å²) in [4.78, 5) is 4.22.